The van der Waals surface area contributed by atoms with Crippen LogP contribution >= 0.6 is 0 Å². The molecule has 20 aromatic rings. The van der Waals surface area contributed by atoms with Crippen molar-refractivity contribution in [2.24, 2.45) is 0 Å². The van der Waals surface area contributed by atoms with Crippen LogP contribution in [-0.4, -0.2) is 55.9 Å². The number of aryl methyl sites for hydroxylation is 1. The molecule has 0 bridgehead atoms. The van der Waals surface area contributed by atoms with E-state index in [0.29, 0.717) is 17.0 Å². The molecule has 0 fully saturated rings. The van der Waals surface area contributed by atoms with Gasteiger partial charge in [0.15, 0.2) is 0 Å². The Kier molecular flexibility index (Phi) is 38.8. The molecule has 17 heteroatoms. The monoisotopic (exact) mass is 2150 g/mol. The molecule has 124 heavy (non-hydrogen) atoms. The minimum absolute atomic E-state index is 0. The van der Waals surface area contributed by atoms with E-state index in [2.05, 4.69) is 130 Å². The third-order valence-corrected chi connectivity index (χ3v) is 17.3. The molecule has 9 heterocycles. The van der Waals surface area contributed by atoms with Crippen molar-refractivity contribution in [1.82, 2.24) is 44.9 Å². The van der Waals surface area contributed by atoms with Crippen LogP contribution in [0.2, 0.25) is 0 Å². The first-order valence-electron chi connectivity index (χ1n) is 38.2. The van der Waals surface area contributed by atoms with E-state index in [1.165, 1.54) is 34.5 Å². The van der Waals surface area contributed by atoms with Crippen LogP contribution in [0.4, 0.5) is 13.2 Å². The number of carboxylic acid groups (broad SMARTS) is 1. The van der Waals surface area contributed by atoms with Crippen LogP contribution in [0.15, 0.2) is 425 Å². The zero-order valence-corrected chi connectivity index (χ0v) is 73.6. The van der Waals surface area contributed by atoms with Crippen LogP contribution in [0.5, 0.6) is 0 Å². The number of carboxylic acids is 1. The van der Waals surface area contributed by atoms with Gasteiger partial charge in [-0.1, -0.05) is 182 Å². The van der Waals surface area contributed by atoms with Crippen LogP contribution in [0.3, 0.4) is 0 Å². The Labute approximate surface area is 760 Å². The van der Waals surface area contributed by atoms with E-state index >= 15 is 0 Å². The molecule has 1 radical (unpaired) electrons. The van der Waals surface area contributed by atoms with Gasteiger partial charge in [-0.15, -0.1) is 251 Å². The van der Waals surface area contributed by atoms with Crippen LogP contribution in [-0.2, 0) is 60.3 Å². The van der Waals surface area contributed by atoms with E-state index in [1.807, 2.05) is 286 Å². The number of nitrogens with zero attached hydrogens (tertiary/aromatic N) is 9. The molecular weight excluding hydrogens is 2080 g/mol. The molecule has 0 saturated heterocycles. The molecule has 0 aliphatic heterocycles. The van der Waals surface area contributed by atoms with Gasteiger partial charge in [0, 0.05) is 74.7 Å². The number of para-hydroxylation sites is 3. The van der Waals surface area contributed by atoms with Crippen molar-refractivity contribution in [2.45, 2.75) is 6.92 Å². The average molecular weight is 2150 g/mol. The molecule has 0 amide bonds. The van der Waals surface area contributed by atoms with Crippen molar-refractivity contribution in [1.29, 1.82) is 0 Å². The van der Waals surface area contributed by atoms with Gasteiger partial charge in [0.1, 0.15) is 5.69 Å². The second-order valence-corrected chi connectivity index (χ2v) is 25.9. The number of fused-ring (bicyclic) bond motifs is 3. The first-order chi connectivity index (χ1) is 59.5. The number of aromatic carboxylic acids is 1. The molecule has 11 nitrogen and oxygen atoms in total. The van der Waals surface area contributed by atoms with E-state index in [4.69, 9.17) is 5.11 Å². The van der Waals surface area contributed by atoms with Crippen molar-refractivity contribution < 1.29 is 83.4 Å². The Balaban J connectivity index is 0.000000158. The predicted molar refractivity (Wildman–Crippen MR) is 476 cm³/mol. The molecular formula is C107H74F3Ir3N9O2-2. The number of hydrogen-bond donors (Lipinski definition) is 1. The minimum Gasteiger partial charge on any atom is -0.477 e. The van der Waals surface area contributed by atoms with E-state index in [0.717, 1.165) is 102 Å². The van der Waals surface area contributed by atoms with Crippen LogP contribution < -0.4 is 0 Å². The van der Waals surface area contributed by atoms with Crippen LogP contribution in [0, 0.1) is 72.9 Å². The van der Waals surface area contributed by atoms with Gasteiger partial charge in [0.05, 0.1) is 16.6 Å². The second-order valence-electron chi connectivity index (χ2n) is 25.9. The van der Waals surface area contributed by atoms with Gasteiger partial charge in [0.25, 0.3) is 0 Å². The van der Waals surface area contributed by atoms with Gasteiger partial charge in [-0.05, 0) is 122 Å². The number of halogens is 3. The summed E-state index contributed by atoms with van der Waals surface area (Å²) in [7, 11) is 0. The molecule has 11 aromatic carbocycles. The van der Waals surface area contributed by atoms with Crippen molar-refractivity contribution in [3.63, 3.8) is 0 Å². The number of carbonyl (C=O) groups is 1. The SMILES string of the molecule is Cc1c[c-]c(-c2ccccn2)c(F)c1.Fc1c[c-]c(-c2ccccn2)c(F)c1.O=C(O)c1ccccn1.[Ir+3].[Ir+3].[Ir].[c-]1ccccc1-c1ccc2ccccc2n1.[c-]1ccccc1-c1ccc2ccccc2n1.[c-]1ccccc1-c1ccc2ccccc2n1.[c-]1ccccc1-c1ccccn1.[c-]1ccccc1-c1ccccn1.[c-]1ccccc1-c1ccccn1. The zero-order valence-electron chi connectivity index (χ0n) is 66.4. The molecule has 20 rings (SSSR count). The van der Waals surface area contributed by atoms with E-state index in [9.17, 15) is 18.0 Å². The molecule has 9 aromatic heterocycles. The topological polar surface area (TPSA) is 153 Å². The summed E-state index contributed by atoms with van der Waals surface area (Å²) in [5.74, 6) is -2.55. The van der Waals surface area contributed by atoms with E-state index < -0.39 is 17.6 Å². The fraction of sp³-hybridized carbons (Fsp3) is 0.00935. The third-order valence-electron chi connectivity index (χ3n) is 17.3. The maximum Gasteiger partial charge on any atom is 3.00 e. The Hall–Kier alpha value is -14.2. The standard InChI is InChI=1S/3C15H10N.C12H9FN.C11H6F2N.3C11H8N.C6H5NO2.3Ir/c3*1-2-6-12(7-3-1)15-11-10-13-8-4-5-9-14(13)16-15;1-9-5-6-10(11(13)8-9)12-4-2-3-7-14-12;12-8-4-5-9(10(13)7-8)11-3-1-2-6-14-11;3*1-2-6-10(7-3-1)11-8-4-5-9-12-11;8-6(9)5-3-1-2-4-7-5;;;/h3*1-6,8-11H;2-5,7-8H,1H3;1-4,6-7H;3*1-6,8-9H;1-4H,(H,8,9);;;/q8*-1;;;2*+3. The van der Waals surface area contributed by atoms with E-state index in [-0.39, 0.29) is 77.4 Å². The zero-order chi connectivity index (χ0) is 83.7. The Bertz CT molecular complexity index is 5810. The second kappa shape index (κ2) is 51.4. The van der Waals surface area contributed by atoms with Crippen LogP contribution in [0.25, 0.3) is 123 Å². The molecule has 0 aliphatic carbocycles. The van der Waals surface area contributed by atoms with Crippen molar-refractivity contribution in [2.75, 3.05) is 0 Å². The summed E-state index contributed by atoms with van der Waals surface area (Å²) in [6, 6.07) is 146. The summed E-state index contributed by atoms with van der Waals surface area (Å²) in [6.45, 7) is 1.84. The summed E-state index contributed by atoms with van der Waals surface area (Å²) in [5.41, 5.74) is 17.8. The quantitative estimate of drug-likeness (QED) is 0.137. The smallest absolute Gasteiger partial charge is 0.477 e. The Morgan fingerprint density at radius 2 is 0.540 bits per heavy atom. The molecule has 0 aliphatic rings. The summed E-state index contributed by atoms with van der Waals surface area (Å²) < 4.78 is 39.3. The number of hydrogen-bond acceptors (Lipinski definition) is 10. The molecule has 0 saturated carbocycles. The van der Waals surface area contributed by atoms with Crippen LogP contribution in [0.1, 0.15) is 16.1 Å². The van der Waals surface area contributed by atoms with E-state index in [1.54, 1.807) is 79.5 Å². The van der Waals surface area contributed by atoms with Gasteiger partial charge in [-0.3, -0.25) is 28.1 Å². The van der Waals surface area contributed by atoms with Gasteiger partial charge in [-0.25, -0.2) is 9.78 Å². The first-order valence-corrected chi connectivity index (χ1v) is 38.2. The summed E-state index contributed by atoms with van der Waals surface area (Å²) >= 11 is 0. The first kappa shape index (κ1) is 93.6. The molecule has 0 atom stereocenters. The largest absolute Gasteiger partial charge is 3.00 e. The predicted octanol–water partition coefficient (Wildman–Crippen LogP) is 25.3. The summed E-state index contributed by atoms with van der Waals surface area (Å²) in [6.07, 6.45) is 10.0. The summed E-state index contributed by atoms with van der Waals surface area (Å²) in [5, 5.41) is 11.8. The molecule has 0 unspecified atom stereocenters. The third kappa shape index (κ3) is 29.6. The Morgan fingerprint density at radius 3 is 0.798 bits per heavy atom. The number of benzene rings is 11. The van der Waals surface area contributed by atoms with Crippen molar-refractivity contribution in [3.05, 3.63) is 503 Å². The summed E-state index contributed by atoms with van der Waals surface area (Å²) in [4.78, 5) is 48.2. The van der Waals surface area contributed by atoms with Gasteiger partial charge < -0.3 is 30.0 Å². The van der Waals surface area contributed by atoms with Gasteiger partial charge in [-0.2, -0.15) is 0 Å². The fourth-order valence-corrected chi connectivity index (χ4v) is 11.4. The normalized spacial score (nSPS) is 9.81. The van der Waals surface area contributed by atoms with Gasteiger partial charge in [0.2, 0.25) is 0 Å². The molecule has 0 spiro atoms. The number of aromatic nitrogens is 9. The number of rotatable bonds is 9. The average Bonchev–Trinajstić information content (AvgIpc) is 0.836. The maximum atomic E-state index is 13.5. The van der Waals surface area contributed by atoms with Crippen molar-refractivity contribution in [3.8, 4) is 90.1 Å². The molecule has 609 valence electrons. The Morgan fingerprint density at radius 1 is 0.274 bits per heavy atom. The van der Waals surface area contributed by atoms with Gasteiger partial charge >= 0.3 is 46.2 Å². The van der Waals surface area contributed by atoms with Crippen molar-refractivity contribution >= 4 is 38.7 Å². The molecule has 1 N–H and O–H groups in total. The minimum atomic E-state index is -0.990. The number of pyridine rings is 9. The fourth-order valence-electron chi connectivity index (χ4n) is 11.4. The maximum absolute atomic E-state index is 13.5.